The average molecular weight is 266 g/mol. The molecule has 14 heavy (non-hydrogen) atoms. The maximum absolute atomic E-state index is 10.9. The van der Waals surface area contributed by atoms with Crippen molar-refractivity contribution in [3.8, 4) is 0 Å². The van der Waals surface area contributed by atoms with Crippen LogP contribution in [-0.4, -0.2) is 44.7 Å². The molecule has 0 aromatic carbocycles. The standard InChI is InChI=1S/C10H20NO2.BrH/c1-9(2)10(12)13-8-6-7-11(3,4)5;/h1,6-8H2,2-5H3;1H/q+1;/p-1. The Morgan fingerprint density at radius 3 is 2.21 bits per heavy atom. The van der Waals surface area contributed by atoms with Crippen molar-refractivity contribution in [3.63, 3.8) is 0 Å². The Hall–Kier alpha value is -0.350. The van der Waals surface area contributed by atoms with Crippen molar-refractivity contribution in [2.45, 2.75) is 13.3 Å². The van der Waals surface area contributed by atoms with Gasteiger partial charge in [0.1, 0.15) is 0 Å². The SMILES string of the molecule is C=C(C)C(=O)OCCC[N+](C)(C)C.[Br-]. The number of halogens is 1. The molecule has 0 aromatic heterocycles. The summed E-state index contributed by atoms with van der Waals surface area (Å²) in [5.41, 5.74) is 0.463. The maximum Gasteiger partial charge on any atom is 0.333 e. The monoisotopic (exact) mass is 265 g/mol. The van der Waals surface area contributed by atoms with E-state index in [0.29, 0.717) is 12.2 Å². The number of esters is 1. The minimum Gasteiger partial charge on any atom is -1.00 e. The quantitative estimate of drug-likeness (QED) is 0.254. The summed E-state index contributed by atoms with van der Waals surface area (Å²) in [6.45, 7) is 6.65. The molecule has 84 valence electrons. The van der Waals surface area contributed by atoms with Gasteiger partial charge in [-0.1, -0.05) is 6.58 Å². The third-order valence-electron chi connectivity index (χ3n) is 1.55. The van der Waals surface area contributed by atoms with Gasteiger partial charge in [0.25, 0.3) is 0 Å². The Morgan fingerprint density at radius 2 is 1.86 bits per heavy atom. The van der Waals surface area contributed by atoms with E-state index in [4.69, 9.17) is 4.74 Å². The van der Waals surface area contributed by atoms with E-state index in [1.165, 1.54) is 0 Å². The fraction of sp³-hybridized carbons (Fsp3) is 0.700. The average Bonchev–Trinajstić information content (AvgIpc) is 1.95. The van der Waals surface area contributed by atoms with Gasteiger partial charge in [0.2, 0.25) is 0 Å². The van der Waals surface area contributed by atoms with Crippen LogP contribution in [0.4, 0.5) is 0 Å². The van der Waals surface area contributed by atoms with Gasteiger partial charge in [-0.2, -0.15) is 0 Å². The molecule has 0 aromatic rings. The van der Waals surface area contributed by atoms with E-state index in [1.807, 2.05) is 0 Å². The summed E-state index contributed by atoms with van der Waals surface area (Å²) in [5.74, 6) is -0.290. The molecule has 0 radical (unpaired) electrons. The first-order chi connectivity index (χ1) is 5.83. The first-order valence-electron chi connectivity index (χ1n) is 4.46. The molecule has 3 nitrogen and oxygen atoms in total. The topological polar surface area (TPSA) is 26.3 Å². The first-order valence-corrected chi connectivity index (χ1v) is 4.46. The van der Waals surface area contributed by atoms with Gasteiger partial charge >= 0.3 is 5.97 Å². The molecule has 0 saturated carbocycles. The predicted octanol–water partition coefficient (Wildman–Crippen LogP) is -1.79. The van der Waals surface area contributed by atoms with Crippen molar-refractivity contribution >= 4 is 5.97 Å². The summed E-state index contributed by atoms with van der Waals surface area (Å²) < 4.78 is 5.84. The van der Waals surface area contributed by atoms with E-state index < -0.39 is 0 Å². The lowest BCUT2D eigenvalue weighted by Gasteiger charge is -2.23. The van der Waals surface area contributed by atoms with Crippen molar-refractivity contribution in [2.75, 3.05) is 34.3 Å². The lowest BCUT2D eigenvalue weighted by Crippen LogP contribution is -3.00. The second kappa shape index (κ2) is 7.01. The molecular weight excluding hydrogens is 246 g/mol. The minimum atomic E-state index is -0.290. The van der Waals surface area contributed by atoms with Crippen LogP contribution in [0.1, 0.15) is 13.3 Å². The van der Waals surface area contributed by atoms with Gasteiger partial charge in [0.05, 0.1) is 34.3 Å². The smallest absolute Gasteiger partial charge is 0.333 e. The second-order valence-electron chi connectivity index (χ2n) is 4.28. The molecule has 0 unspecified atom stereocenters. The predicted molar refractivity (Wildman–Crippen MR) is 53.3 cm³/mol. The van der Waals surface area contributed by atoms with E-state index in [-0.39, 0.29) is 23.0 Å². The van der Waals surface area contributed by atoms with Crippen LogP contribution < -0.4 is 17.0 Å². The molecule has 0 spiro atoms. The van der Waals surface area contributed by atoms with Crippen LogP contribution in [0.15, 0.2) is 12.2 Å². The fourth-order valence-corrected chi connectivity index (χ4v) is 0.827. The van der Waals surface area contributed by atoms with Crippen LogP contribution in [0.5, 0.6) is 0 Å². The van der Waals surface area contributed by atoms with Gasteiger partial charge in [0.15, 0.2) is 0 Å². The highest BCUT2D eigenvalue weighted by molar-refractivity contribution is 5.86. The number of nitrogens with zero attached hydrogens (tertiary/aromatic N) is 1. The van der Waals surface area contributed by atoms with Crippen LogP contribution in [0.25, 0.3) is 0 Å². The summed E-state index contributed by atoms with van der Waals surface area (Å²) in [4.78, 5) is 10.9. The van der Waals surface area contributed by atoms with E-state index in [0.717, 1.165) is 17.4 Å². The number of rotatable bonds is 5. The summed E-state index contributed by atoms with van der Waals surface area (Å²) >= 11 is 0. The van der Waals surface area contributed by atoms with Gasteiger partial charge in [-0.25, -0.2) is 4.79 Å². The van der Waals surface area contributed by atoms with Gasteiger partial charge in [-0.05, 0) is 6.92 Å². The molecule has 0 aliphatic heterocycles. The molecule has 0 N–H and O–H groups in total. The Morgan fingerprint density at radius 1 is 1.36 bits per heavy atom. The Balaban J connectivity index is 0. The van der Waals surface area contributed by atoms with Gasteiger partial charge in [-0.3, -0.25) is 0 Å². The van der Waals surface area contributed by atoms with Gasteiger partial charge in [0, 0.05) is 12.0 Å². The van der Waals surface area contributed by atoms with Crippen LogP contribution in [-0.2, 0) is 9.53 Å². The first kappa shape index (κ1) is 16.1. The minimum absolute atomic E-state index is 0. The van der Waals surface area contributed by atoms with Crippen molar-refractivity contribution in [3.05, 3.63) is 12.2 Å². The van der Waals surface area contributed by atoms with Crippen molar-refractivity contribution in [1.82, 2.24) is 0 Å². The Labute approximate surface area is 97.1 Å². The Bertz CT molecular complexity index is 197. The van der Waals surface area contributed by atoms with Gasteiger partial charge in [-0.15, -0.1) is 0 Å². The third-order valence-corrected chi connectivity index (χ3v) is 1.55. The van der Waals surface area contributed by atoms with Crippen LogP contribution in [0.3, 0.4) is 0 Å². The molecule has 0 heterocycles. The highest BCUT2D eigenvalue weighted by atomic mass is 79.9. The fourth-order valence-electron chi connectivity index (χ4n) is 0.827. The van der Waals surface area contributed by atoms with E-state index in [1.54, 1.807) is 6.92 Å². The number of ether oxygens (including phenoxy) is 1. The molecule has 0 aliphatic rings. The lowest BCUT2D eigenvalue weighted by molar-refractivity contribution is -0.870. The third kappa shape index (κ3) is 9.74. The zero-order valence-corrected chi connectivity index (χ0v) is 11.1. The highest BCUT2D eigenvalue weighted by Gasteiger charge is 2.07. The number of quaternary nitrogens is 1. The zero-order valence-electron chi connectivity index (χ0n) is 9.47. The van der Waals surface area contributed by atoms with Crippen molar-refractivity contribution in [2.24, 2.45) is 0 Å². The normalized spacial score (nSPS) is 10.3. The molecule has 0 aliphatic carbocycles. The summed E-state index contributed by atoms with van der Waals surface area (Å²) in [7, 11) is 6.34. The number of carbonyl (C=O) groups excluding carboxylic acids is 1. The molecule has 0 bridgehead atoms. The molecule has 0 saturated heterocycles. The molecule has 4 heteroatoms. The van der Waals surface area contributed by atoms with Crippen molar-refractivity contribution in [1.29, 1.82) is 0 Å². The zero-order chi connectivity index (χ0) is 10.5. The maximum atomic E-state index is 10.9. The Kier molecular flexibility index (Phi) is 8.06. The van der Waals surface area contributed by atoms with Gasteiger partial charge < -0.3 is 26.2 Å². The lowest BCUT2D eigenvalue weighted by atomic mass is 10.3. The molecule has 0 rings (SSSR count). The summed E-state index contributed by atoms with van der Waals surface area (Å²) in [6.07, 6.45) is 0.891. The largest absolute Gasteiger partial charge is 1.00 e. The van der Waals surface area contributed by atoms with E-state index >= 15 is 0 Å². The number of carbonyl (C=O) groups is 1. The van der Waals surface area contributed by atoms with E-state index in [2.05, 4.69) is 27.7 Å². The number of hydrogen-bond acceptors (Lipinski definition) is 2. The molecule has 0 atom stereocenters. The summed E-state index contributed by atoms with van der Waals surface area (Å²) in [6, 6.07) is 0. The summed E-state index contributed by atoms with van der Waals surface area (Å²) in [5, 5.41) is 0. The van der Waals surface area contributed by atoms with Crippen LogP contribution in [0, 0.1) is 0 Å². The molecule has 0 amide bonds. The van der Waals surface area contributed by atoms with Crippen LogP contribution >= 0.6 is 0 Å². The second-order valence-corrected chi connectivity index (χ2v) is 4.28. The van der Waals surface area contributed by atoms with Crippen LogP contribution in [0.2, 0.25) is 0 Å². The molecule has 0 fully saturated rings. The molecular formula is C10H20BrNO2. The van der Waals surface area contributed by atoms with E-state index in [9.17, 15) is 4.79 Å². The highest BCUT2D eigenvalue weighted by Crippen LogP contribution is 1.96. The van der Waals surface area contributed by atoms with Crippen molar-refractivity contribution < 1.29 is 31.0 Å². The number of hydrogen-bond donors (Lipinski definition) is 0.